The van der Waals surface area contributed by atoms with Gasteiger partial charge in [0.1, 0.15) is 18.4 Å². The van der Waals surface area contributed by atoms with Crippen LogP contribution in [0, 0.1) is 0 Å². The zero-order valence-corrected chi connectivity index (χ0v) is 24.4. The maximum Gasteiger partial charge on any atom is 0.323 e. The number of rotatable bonds is 7. The molecule has 0 fully saturated rings. The van der Waals surface area contributed by atoms with Crippen LogP contribution in [0.5, 0.6) is 5.75 Å². The number of fused-ring (bicyclic) bond motifs is 2. The Hall–Kier alpha value is -5.51. The minimum Gasteiger partial charge on any atom is -0.495 e. The van der Waals surface area contributed by atoms with E-state index >= 15 is 0 Å². The van der Waals surface area contributed by atoms with E-state index in [0.717, 1.165) is 27.7 Å². The van der Waals surface area contributed by atoms with E-state index in [0.29, 0.717) is 40.7 Å². The Morgan fingerprint density at radius 1 is 0.860 bits per heavy atom. The summed E-state index contributed by atoms with van der Waals surface area (Å²) in [5.41, 5.74) is 5.35. The summed E-state index contributed by atoms with van der Waals surface area (Å²) in [4.78, 5) is 31.2. The summed E-state index contributed by atoms with van der Waals surface area (Å²) in [5.74, 6) is 1.21. The van der Waals surface area contributed by atoms with Gasteiger partial charge in [-0.25, -0.2) is 19.7 Å². The molecule has 0 spiro atoms. The van der Waals surface area contributed by atoms with Crippen LogP contribution in [0.4, 0.5) is 22.0 Å². The SMILES string of the molecule is COc1ccc(C(C)(C)C)cc1NC(=O)Nc1ccc(-n2cnc3c(NCc4ccccn4)ncnc32)c2ccccc12. The third kappa shape index (κ3) is 5.67. The van der Waals surface area contributed by atoms with Gasteiger partial charge in [-0.3, -0.25) is 9.55 Å². The lowest BCUT2D eigenvalue weighted by Gasteiger charge is -2.21. The molecule has 10 heteroatoms. The average molecular weight is 573 g/mol. The second-order valence-electron chi connectivity index (χ2n) is 11.1. The summed E-state index contributed by atoms with van der Waals surface area (Å²) < 4.78 is 7.43. The van der Waals surface area contributed by atoms with Crippen LogP contribution in [0.25, 0.3) is 27.6 Å². The van der Waals surface area contributed by atoms with E-state index in [1.165, 1.54) is 6.33 Å². The predicted octanol–water partition coefficient (Wildman–Crippen LogP) is 6.93. The number of nitrogens with one attached hydrogen (secondary N) is 3. The molecule has 0 aliphatic heterocycles. The Morgan fingerprint density at radius 2 is 1.65 bits per heavy atom. The molecule has 0 aliphatic rings. The minimum atomic E-state index is -0.369. The number of ether oxygens (including phenoxy) is 1. The molecular weight excluding hydrogens is 540 g/mol. The molecule has 3 N–H and O–H groups in total. The normalized spacial score (nSPS) is 11.4. The molecule has 6 rings (SSSR count). The predicted molar refractivity (Wildman–Crippen MR) is 170 cm³/mol. The first-order valence-electron chi connectivity index (χ1n) is 13.9. The number of urea groups is 1. The van der Waals surface area contributed by atoms with Gasteiger partial charge in [0.15, 0.2) is 17.0 Å². The van der Waals surface area contributed by atoms with Crippen molar-refractivity contribution in [3.63, 3.8) is 0 Å². The van der Waals surface area contributed by atoms with Gasteiger partial charge in [-0.2, -0.15) is 0 Å². The molecule has 0 bridgehead atoms. The minimum absolute atomic E-state index is 0.0798. The van der Waals surface area contributed by atoms with Crippen molar-refractivity contribution in [1.82, 2.24) is 24.5 Å². The lowest BCUT2D eigenvalue weighted by atomic mass is 9.87. The van der Waals surface area contributed by atoms with E-state index in [9.17, 15) is 4.79 Å². The van der Waals surface area contributed by atoms with Crippen molar-refractivity contribution in [3.05, 3.63) is 103 Å². The number of nitrogens with zero attached hydrogens (tertiary/aromatic N) is 5. The monoisotopic (exact) mass is 572 g/mol. The standard InChI is InChI=1S/C33H32N8O2/c1-33(2,3)21-12-15-28(43-4)26(17-21)40-32(42)39-25-13-14-27(24-11-6-5-10-23(24)25)41-20-38-29-30(36-19-37-31(29)41)35-18-22-9-7-8-16-34-22/h5-17,19-20H,18H2,1-4H3,(H,35,36,37)(H2,39,40,42). The first-order valence-corrected chi connectivity index (χ1v) is 13.9. The van der Waals surface area contributed by atoms with Gasteiger partial charge in [0.05, 0.1) is 36.4 Å². The molecule has 10 nitrogen and oxygen atoms in total. The molecule has 3 heterocycles. The summed E-state index contributed by atoms with van der Waals surface area (Å²) in [6.07, 6.45) is 5.02. The van der Waals surface area contributed by atoms with Gasteiger partial charge in [-0.1, -0.05) is 57.2 Å². The lowest BCUT2D eigenvalue weighted by molar-refractivity contribution is 0.262. The Balaban J connectivity index is 1.29. The molecule has 43 heavy (non-hydrogen) atoms. The van der Waals surface area contributed by atoms with Gasteiger partial charge in [0.25, 0.3) is 0 Å². The molecular formula is C33H32N8O2. The van der Waals surface area contributed by atoms with Crippen LogP contribution in [-0.4, -0.2) is 37.6 Å². The van der Waals surface area contributed by atoms with Gasteiger partial charge < -0.3 is 20.7 Å². The van der Waals surface area contributed by atoms with Crippen molar-refractivity contribution < 1.29 is 9.53 Å². The molecule has 0 saturated carbocycles. The first kappa shape index (κ1) is 27.6. The fourth-order valence-corrected chi connectivity index (χ4v) is 4.97. The van der Waals surface area contributed by atoms with Gasteiger partial charge in [-0.05, 0) is 47.4 Å². The zero-order valence-electron chi connectivity index (χ0n) is 24.4. The average Bonchev–Trinajstić information content (AvgIpc) is 3.45. The maximum atomic E-state index is 13.2. The molecule has 0 aliphatic carbocycles. The molecule has 0 saturated heterocycles. The number of hydrogen-bond acceptors (Lipinski definition) is 7. The van der Waals surface area contributed by atoms with Gasteiger partial charge in [0, 0.05) is 17.0 Å². The highest BCUT2D eigenvalue weighted by molar-refractivity contribution is 6.08. The second kappa shape index (κ2) is 11.4. The molecule has 0 unspecified atom stereocenters. The van der Waals surface area contributed by atoms with Gasteiger partial charge in [-0.15, -0.1) is 0 Å². The number of amides is 2. The summed E-state index contributed by atoms with van der Waals surface area (Å²) in [6.45, 7) is 6.89. The third-order valence-corrected chi connectivity index (χ3v) is 7.22. The Labute approximate surface area is 249 Å². The van der Waals surface area contributed by atoms with Crippen LogP contribution in [0.1, 0.15) is 32.0 Å². The van der Waals surface area contributed by atoms with Crippen molar-refractivity contribution in [3.8, 4) is 11.4 Å². The van der Waals surface area contributed by atoms with Crippen LogP contribution in [0.2, 0.25) is 0 Å². The topological polar surface area (TPSA) is 119 Å². The summed E-state index contributed by atoms with van der Waals surface area (Å²) in [7, 11) is 1.59. The van der Waals surface area contributed by atoms with Crippen molar-refractivity contribution in [1.29, 1.82) is 0 Å². The van der Waals surface area contributed by atoms with Crippen molar-refractivity contribution in [2.24, 2.45) is 0 Å². The fraction of sp³-hybridized carbons (Fsp3) is 0.182. The number of carbonyl (C=O) groups is 1. The van der Waals surface area contributed by atoms with Gasteiger partial charge >= 0.3 is 6.03 Å². The highest BCUT2D eigenvalue weighted by Gasteiger charge is 2.18. The molecule has 0 radical (unpaired) electrons. The molecule has 6 aromatic rings. The largest absolute Gasteiger partial charge is 0.495 e. The van der Waals surface area contributed by atoms with Crippen LogP contribution >= 0.6 is 0 Å². The van der Waals surface area contributed by atoms with E-state index in [4.69, 9.17) is 4.74 Å². The van der Waals surface area contributed by atoms with E-state index < -0.39 is 0 Å². The highest BCUT2D eigenvalue weighted by Crippen LogP contribution is 2.33. The summed E-state index contributed by atoms with van der Waals surface area (Å²) >= 11 is 0. The fourth-order valence-electron chi connectivity index (χ4n) is 4.97. The van der Waals surface area contributed by atoms with Gasteiger partial charge in [0.2, 0.25) is 0 Å². The van der Waals surface area contributed by atoms with E-state index in [2.05, 4.69) is 56.7 Å². The maximum absolute atomic E-state index is 13.2. The second-order valence-corrected chi connectivity index (χ2v) is 11.1. The number of anilines is 3. The zero-order chi connectivity index (χ0) is 30.0. The number of hydrogen-bond donors (Lipinski definition) is 3. The molecule has 2 amide bonds. The van der Waals surface area contributed by atoms with Crippen LogP contribution in [0.3, 0.4) is 0 Å². The Morgan fingerprint density at radius 3 is 2.42 bits per heavy atom. The number of pyridine rings is 1. The third-order valence-electron chi connectivity index (χ3n) is 7.22. The molecule has 3 aromatic heterocycles. The van der Waals surface area contributed by atoms with E-state index in [1.807, 2.05) is 77.4 Å². The van der Waals surface area contributed by atoms with Crippen LogP contribution in [-0.2, 0) is 12.0 Å². The Kier molecular flexibility index (Phi) is 7.33. The lowest BCUT2D eigenvalue weighted by Crippen LogP contribution is -2.21. The molecule has 0 atom stereocenters. The molecule has 216 valence electrons. The summed E-state index contributed by atoms with van der Waals surface area (Å²) in [5, 5.41) is 11.1. The molecule has 3 aromatic carbocycles. The van der Waals surface area contributed by atoms with Crippen LogP contribution in [0.15, 0.2) is 91.6 Å². The van der Waals surface area contributed by atoms with Crippen molar-refractivity contribution in [2.45, 2.75) is 32.7 Å². The number of imidazole rings is 1. The van der Waals surface area contributed by atoms with E-state index in [1.54, 1.807) is 19.6 Å². The quantitative estimate of drug-likeness (QED) is 0.190. The number of aromatic nitrogens is 5. The number of benzene rings is 3. The smallest absolute Gasteiger partial charge is 0.323 e. The number of carbonyl (C=O) groups excluding carboxylic acids is 1. The highest BCUT2D eigenvalue weighted by atomic mass is 16.5. The van der Waals surface area contributed by atoms with Crippen LogP contribution < -0.4 is 20.7 Å². The van der Waals surface area contributed by atoms with E-state index in [-0.39, 0.29) is 11.4 Å². The first-order chi connectivity index (χ1) is 20.8. The van der Waals surface area contributed by atoms with Crippen molar-refractivity contribution >= 4 is 45.2 Å². The van der Waals surface area contributed by atoms with Crippen molar-refractivity contribution in [2.75, 3.05) is 23.1 Å². The summed E-state index contributed by atoms with van der Waals surface area (Å²) in [6, 6.07) is 23.0. The Bertz CT molecular complexity index is 1930. The number of methoxy groups -OCH3 is 1.